The minimum absolute atomic E-state index is 0.132. The summed E-state index contributed by atoms with van der Waals surface area (Å²) in [7, 11) is 0. The maximum Gasteiger partial charge on any atom is 0.257 e. The quantitative estimate of drug-likeness (QED) is 0.597. The summed E-state index contributed by atoms with van der Waals surface area (Å²) >= 11 is 0. The molecule has 2 heterocycles. The van der Waals surface area contributed by atoms with E-state index in [1.165, 1.54) is 5.56 Å². The number of nitrogens with zero attached hydrogens (tertiary/aromatic N) is 1. The van der Waals surface area contributed by atoms with E-state index in [1.807, 2.05) is 48.5 Å². The second-order valence-electron chi connectivity index (χ2n) is 7.21. The summed E-state index contributed by atoms with van der Waals surface area (Å²) in [5, 5.41) is 0. The Balaban J connectivity index is 1.32. The number of para-hydroxylation sites is 1. The number of hydrazine groups is 2. The van der Waals surface area contributed by atoms with Gasteiger partial charge in [-0.05, 0) is 30.0 Å². The number of nitrogens with one attached hydrogen (secondary N) is 4. The molecule has 1 saturated heterocycles. The molecule has 146 valence electrons. The van der Waals surface area contributed by atoms with Crippen LogP contribution in [0.25, 0.3) is 0 Å². The third kappa shape index (κ3) is 4.00. The van der Waals surface area contributed by atoms with Gasteiger partial charge in [-0.1, -0.05) is 48.5 Å². The zero-order chi connectivity index (χ0) is 19.3. The SMILES string of the molecule is O=C(CN1CCCc2ccccc21)NNC(=O)C1CNNC1c1ccccc1. The minimum Gasteiger partial charge on any atom is -0.362 e. The van der Waals surface area contributed by atoms with Gasteiger partial charge in [-0.15, -0.1) is 0 Å². The monoisotopic (exact) mass is 379 g/mol. The molecule has 2 aromatic carbocycles. The second kappa shape index (κ2) is 8.41. The van der Waals surface area contributed by atoms with E-state index in [4.69, 9.17) is 0 Å². The Morgan fingerprint density at radius 1 is 1.04 bits per heavy atom. The van der Waals surface area contributed by atoms with Gasteiger partial charge in [0, 0.05) is 18.8 Å². The Morgan fingerprint density at radius 3 is 2.68 bits per heavy atom. The molecule has 2 aliphatic rings. The highest BCUT2D eigenvalue weighted by Gasteiger charge is 2.34. The van der Waals surface area contributed by atoms with E-state index < -0.39 is 0 Å². The van der Waals surface area contributed by atoms with Crippen molar-refractivity contribution >= 4 is 17.5 Å². The van der Waals surface area contributed by atoms with Crippen molar-refractivity contribution < 1.29 is 9.59 Å². The lowest BCUT2D eigenvalue weighted by Crippen LogP contribution is -2.49. The molecular formula is C21H25N5O2. The molecule has 7 nitrogen and oxygen atoms in total. The summed E-state index contributed by atoms with van der Waals surface area (Å²) in [6.45, 7) is 1.56. The largest absolute Gasteiger partial charge is 0.362 e. The van der Waals surface area contributed by atoms with Crippen molar-refractivity contribution in [1.82, 2.24) is 21.7 Å². The van der Waals surface area contributed by atoms with E-state index in [0.29, 0.717) is 6.54 Å². The van der Waals surface area contributed by atoms with Crippen molar-refractivity contribution in [3.8, 4) is 0 Å². The molecule has 2 unspecified atom stereocenters. The molecule has 0 saturated carbocycles. The number of hydrogen-bond acceptors (Lipinski definition) is 5. The summed E-state index contributed by atoms with van der Waals surface area (Å²) < 4.78 is 0. The van der Waals surface area contributed by atoms with Gasteiger partial charge >= 0.3 is 0 Å². The highest BCUT2D eigenvalue weighted by molar-refractivity contribution is 5.86. The second-order valence-corrected chi connectivity index (χ2v) is 7.21. The van der Waals surface area contributed by atoms with Crippen LogP contribution < -0.4 is 26.6 Å². The zero-order valence-corrected chi connectivity index (χ0v) is 15.7. The lowest BCUT2D eigenvalue weighted by Gasteiger charge is -2.30. The molecule has 4 rings (SSSR count). The number of anilines is 1. The summed E-state index contributed by atoms with van der Waals surface area (Å²) in [6, 6.07) is 17.8. The first-order valence-electron chi connectivity index (χ1n) is 9.67. The Labute approximate surface area is 164 Å². The van der Waals surface area contributed by atoms with E-state index in [9.17, 15) is 9.59 Å². The third-order valence-electron chi connectivity index (χ3n) is 5.34. The van der Waals surface area contributed by atoms with Crippen LogP contribution in [-0.4, -0.2) is 31.4 Å². The van der Waals surface area contributed by atoms with E-state index in [2.05, 4.69) is 32.7 Å². The number of carbonyl (C=O) groups excluding carboxylic acids is 2. The molecule has 2 amide bonds. The van der Waals surface area contributed by atoms with E-state index in [0.717, 1.165) is 30.6 Å². The molecule has 0 aliphatic carbocycles. The van der Waals surface area contributed by atoms with Crippen LogP contribution in [0.2, 0.25) is 0 Å². The van der Waals surface area contributed by atoms with Crippen LogP contribution in [0.4, 0.5) is 5.69 Å². The number of fused-ring (bicyclic) bond motifs is 1. The van der Waals surface area contributed by atoms with Gasteiger partial charge in [0.1, 0.15) is 0 Å². The molecule has 0 bridgehead atoms. The van der Waals surface area contributed by atoms with Crippen LogP contribution >= 0.6 is 0 Å². The molecule has 2 atom stereocenters. The van der Waals surface area contributed by atoms with Gasteiger partial charge in [0.2, 0.25) is 5.91 Å². The average molecular weight is 379 g/mol. The minimum atomic E-state index is -0.307. The van der Waals surface area contributed by atoms with Crippen LogP contribution in [0.1, 0.15) is 23.6 Å². The Kier molecular flexibility index (Phi) is 5.55. The van der Waals surface area contributed by atoms with Crippen LogP contribution in [-0.2, 0) is 16.0 Å². The van der Waals surface area contributed by atoms with Gasteiger partial charge in [-0.2, -0.15) is 0 Å². The fourth-order valence-electron chi connectivity index (χ4n) is 3.93. The number of amides is 2. The van der Waals surface area contributed by atoms with E-state index in [-0.39, 0.29) is 30.3 Å². The maximum atomic E-state index is 12.6. The first kappa shape index (κ1) is 18.5. The molecule has 0 aromatic heterocycles. The fourth-order valence-corrected chi connectivity index (χ4v) is 3.93. The highest BCUT2D eigenvalue weighted by atomic mass is 16.2. The highest BCUT2D eigenvalue weighted by Crippen LogP contribution is 2.26. The van der Waals surface area contributed by atoms with Crippen molar-refractivity contribution in [1.29, 1.82) is 0 Å². The lowest BCUT2D eigenvalue weighted by molar-refractivity contribution is -0.130. The lowest BCUT2D eigenvalue weighted by atomic mass is 9.94. The Bertz CT molecular complexity index is 842. The first-order chi connectivity index (χ1) is 13.7. The van der Waals surface area contributed by atoms with Gasteiger partial charge in [0.25, 0.3) is 5.91 Å². The Hall–Kier alpha value is -2.90. The first-order valence-corrected chi connectivity index (χ1v) is 9.67. The van der Waals surface area contributed by atoms with Crippen molar-refractivity contribution in [3.63, 3.8) is 0 Å². The van der Waals surface area contributed by atoms with Gasteiger partial charge < -0.3 is 4.90 Å². The molecule has 4 N–H and O–H groups in total. The fraction of sp³-hybridized carbons (Fsp3) is 0.333. The van der Waals surface area contributed by atoms with Crippen LogP contribution in [0.5, 0.6) is 0 Å². The summed E-state index contributed by atoms with van der Waals surface area (Å²) in [5.41, 5.74) is 14.7. The number of aryl methyl sites for hydroxylation is 1. The van der Waals surface area contributed by atoms with Crippen LogP contribution in [0, 0.1) is 5.92 Å². The molecule has 1 fully saturated rings. The van der Waals surface area contributed by atoms with Crippen molar-refractivity contribution in [3.05, 3.63) is 65.7 Å². The van der Waals surface area contributed by atoms with E-state index >= 15 is 0 Å². The van der Waals surface area contributed by atoms with E-state index in [1.54, 1.807) is 0 Å². The van der Waals surface area contributed by atoms with Crippen molar-refractivity contribution in [2.45, 2.75) is 18.9 Å². The topological polar surface area (TPSA) is 85.5 Å². The summed E-state index contributed by atoms with van der Waals surface area (Å²) in [6.07, 6.45) is 2.06. The number of benzene rings is 2. The maximum absolute atomic E-state index is 12.6. The standard InChI is InChI=1S/C21H25N5O2/c27-19(14-26-12-6-10-15-7-4-5-11-18(15)26)23-25-21(28)17-13-22-24-20(17)16-8-2-1-3-9-16/h1-5,7-9,11,17,20,22,24H,6,10,12-14H2,(H,23,27)(H,25,28). The van der Waals surface area contributed by atoms with Crippen LogP contribution in [0.15, 0.2) is 54.6 Å². The zero-order valence-electron chi connectivity index (χ0n) is 15.7. The molecule has 7 heteroatoms. The molecule has 0 radical (unpaired) electrons. The Morgan fingerprint density at radius 2 is 1.82 bits per heavy atom. The van der Waals surface area contributed by atoms with Gasteiger partial charge in [0.05, 0.1) is 18.5 Å². The predicted octanol–water partition coefficient (Wildman–Crippen LogP) is 1.05. The van der Waals surface area contributed by atoms with Gasteiger partial charge in [-0.25, -0.2) is 5.43 Å². The summed E-state index contributed by atoms with van der Waals surface area (Å²) in [5.74, 6) is -0.739. The average Bonchev–Trinajstić information content (AvgIpc) is 3.23. The molecule has 2 aliphatic heterocycles. The van der Waals surface area contributed by atoms with Crippen LogP contribution in [0.3, 0.4) is 0 Å². The van der Waals surface area contributed by atoms with Gasteiger partial charge in [-0.3, -0.25) is 25.9 Å². The molecule has 28 heavy (non-hydrogen) atoms. The summed E-state index contributed by atoms with van der Waals surface area (Å²) in [4.78, 5) is 27.1. The predicted molar refractivity (Wildman–Crippen MR) is 107 cm³/mol. The molecular weight excluding hydrogens is 354 g/mol. The number of carbonyl (C=O) groups is 2. The van der Waals surface area contributed by atoms with Crippen molar-refractivity contribution in [2.24, 2.45) is 5.92 Å². The molecule has 2 aromatic rings. The van der Waals surface area contributed by atoms with Gasteiger partial charge in [0.15, 0.2) is 0 Å². The molecule has 0 spiro atoms. The third-order valence-corrected chi connectivity index (χ3v) is 5.34. The smallest absolute Gasteiger partial charge is 0.257 e. The number of hydrogen-bond donors (Lipinski definition) is 4. The number of rotatable bonds is 4. The normalized spacial score (nSPS) is 21.1. The van der Waals surface area contributed by atoms with Crippen molar-refractivity contribution in [2.75, 3.05) is 24.5 Å².